The molecule has 1 aromatic carbocycles. The topological polar surface area (TPSA) is 88.6 Å². The lowest BCUT2D eigenvalue weighted by Gasteiger charge is -2.27. The summed E-state index contributed by atoms with van der Waals surface area (Å²) in [5, 5.41) is 4.72. The standard InChI is InChI=1S/C19H25N3O4S3/c1-3-26-16-8-7-15(21-18(23)13-28-19-20-14(2)12-27-19)11-17(16)29(24,25)22-9-5-4-6-10-22/h7-8,11-12H,3-6,9-10,13H2,1-2H3,(H,21,23). The van der Waals surface area contributed by atoms with E-state index in [-0.39, 0.29) is 16.6 Å². The van der Waals surface area contributed by atoms with Crippen molar-refractivity contribution in [2.75, 3.05) is 30.8 Å². The van der Waals surface area contributed by atoms with Crippen molar-refractivity contribution >= 4 is 44.7 Å². The van der Waals surface area contributed by atoms with Gasteiger partial charge in [-0.1, -0.05) is 18.2 Å². The van der Waals surface area contributed by atoms with Crippen molar-refractivity contribution in [1.82, 2.24) is 9.29 Å². The maximum atomic E-state index is 13.2. The molecule has 0 bridgehead atoms. The van der Waals surface area contributed by atoms with Gasteiger partial charge in [-0.3, -0.25) is 4.79 Å². The molecule has 0 unspecified atom stereocenters. The molecule has 2 heterocycles. The molecule has 0 spiro atoms. The lowest BCUT2D eigenvalue weighted by atomic mass is 10.2. The van der Waals surface area contributed by atoms with Crippen LogP contribution >= 0.6 is 23.1 Å². The van der Waals surface area contributed by atoms with Crippen LogP contribution in [-0.4, -0.2) is 49.1 Å². The van der Waals surface area contributed by atoms with E-state index in [2.05, 4.69) is 10.3 Å². The molecular weight excluding hydrogens is 430 g/mol. The van der Waals surface area contributed by atoms with Gasteiger partial charge in [0.05, 0.1) is 12.4 Å². The summed E-state index contributed by atoms with van der Waals surface area (Å²) in [5.41, 5.74) is 1.36. The van der Waals surface area contributed by atoms with Gasteiger partial charge < -0.3 is 10.1 Å². The number of nitrogens with zero attached hydrogens (tertiary/aromatic N) is 2. The zero-order chi connectivity index (χ0) is 20.9. The Morgan fingerprint density at radius 1 is 1.31 bits per heavy atom. The van der Waals surface area contributed by atoms with E-state index in [0.29, 0.717) is 31.1 Å². The molecule has 1 aliphatic rings. The molecule has 0 radical (unpaired) electrons. The van der Waals surface area contributed by atoms with E-state index in [1.165, 1.54) is 33.5 Å². The van der Waals surface area contributed by atoms with Gasteiger partial charge in [-0.15, -0.1) is 11.3 Å². The van der Waals surface area contributed by atoms with Crippen LogP contribution in [-0.2, 0) is 14.8 Å². The highest BCUT2D eigenvalue weighted by molar-refractivity contribution is 8.01. The molecule has 1 saturated heterocycles. The SMILES string of the molecule is CCOc1ccc(NC(=O)CSc2nc(C)cs2)cc1S(=O)(=O)N1CCCCC1. The van der Waals surface area contributed by atoms with Crippen LogP contribution in [0.15, 0.2) is 32.8 Å². The Kier molecular flexibility index (Phi) is 7.55. The van der Waals surface area contributed by atoms with Gasteiger partial charge in [0, 0.05) is 29.9 Å². The first-order valence-corrected chi connectivity index (χ1v) is 12.8. The third-order valence-electron chi connectivity index (χ3n) is 4.38. The predicted octanol–water partition coefficient (Wildman–Crippen LogP) is 3.76. The van der Waals surface area contributed by atoms with E-state index < -0.39 is 10.0 Å². The van der Waals surface area contributed by atoms with Crippen molar-refractivity contribution in [3.63, 3.8) is 0 Å². The largest absolute Gasteiger partial charge is 0.492 e. The number of sulfonamides is 1. The number of ether oxygens (including phenoxy) is 1. The number of carbonyl (C=O) groups excluding carboxylic acids is 1. The van der Waals surface area contributed by atoms with Gasteiger partial charge >= 0.3 is 0 Å². The molecule has 2 aromatic rings. The average Bonchev–Trinajstić information content (AvgIpc) is 3.13. The van der Waals surface area contributed by atoms with Crippen molar-refractivity contribution in [3.05, 3.63) is 29.3 Å². The molecule has 3 rings (SSSR count). The predicted molar refractivity (Wildman–Crippen MR) is 116 cm³/mol. The molecule has 0 aliphatic carbocycles. The van der Waals surface area contributed by atoms with Crippen LogP contribution in [0.2, 0.25) is 0 Å². The third kappa shape index (κ3) is 5.71. The number of thiazole rings is 1. The Morgan fingerprint density at radius 3 is 2.72 bits per heavy atom. The zero-order valence-electron chi connectivity index (χ0n) is 16.5. The van der Waals surface area contributed by atoms with Crippen LogP contribution in [0, 0.1) is 6.92 Å². The molecule has 10 heteroatoms. The number of hydrogen-bond donors (Lipinski definition) is 1. The van der Waals surface area contributed by atoms with E-state index in [9.17, 15) is 13.2 Å². The lowest BCUT2D eigenvalue weighted by molar-refractivity contribution is -0.113. The molecule has 158 valence electrons. The summed E-state index contributed by atoms with van der Waals surface area (Å²) >= 11 is 2.85. The van der Waals surface area contributed by atoms with E-state index in [4.69, 9.17) is 4.74 Å². The van der Waals surface area contributed by atoms with Gasteiger partial charge in [0.2, 0.25) is 15.9 Å². The number of nitrogens with one attached hydrogen (secondary N) is 1. The quantitative estimate of drug-likeness (QED) is 0.610. The Balaban J connectivity index is 1.75. The van der Waals surface area contributed by atoms with Crippen LogP contribution in [0.25, 0.3) is 0 Å². The number of amides is 1. The Hall–Kier alpha value is -1.62. The summed E-state index contributed by atoms with van der Waals surface area (Å²) in [7, 11) is -3.68. The lowest BCUT2D eigenvalue weighted by Crippen LogP contribution is -2.35. The van der Waals surface area contributed by atoms with Crippen molar-refractivity contribution in [2.24, 2.45) is 0 Å². The second kappa shape index (κ2) is 9.92. The maximum absolute atomic E-state index is 13.2. The molecule has 7 nitrogen and oxygen atoms in total. The van der Waals surface area contributed by atoms with Crippen molar-refractivity contribution in [2.45, 2.75) is 42.3 Å². The summed E-state index contributed by atoms with van der Waals surface area (Å²) in [5.74, 6) is 0.297. The molecule has 1 fully saturated rings. The van der Waals surface area contributed by atoms with Gasteiger partial charge in [-0.05, 0) is 44.9 Å². The zero-order valence-corrected chi connectivity index (χ0v) is 19.0. The highest BCUT2D eigenvalue weighted by Crippen LogP contribution is 2.31. The number of thioether (sulfide) groups is 1. The number of benzene rings is 1. The number of hydrogen-bond acceptors (Lipinski definition) is 7. The Morgan fingerprint density at radius 2 is 2.07 bits per heavy atom. The highest BCUT2D eigenvalue weighted by atomic mass is 32.2. The summed E-state index contributed by atoms with van der Waals surface area (Å²) in [6, 6.07) is 4.76. The fourth-order valence-corrected chi connectivity index (χ4v) is 6.35. The van der Waals surface area contributed by atoms with Crippen LogP contribution < -0.4 is 10.1 Å². The third-order valence-corrected chi connectivity index (χ3v) is 8.44. The van der Waals surface area contributed by atoms with Crippen LogP contribution in [0.1, 0.15) is 31.9 Å². The highest BCUT2D eigenvalue weighted by Gasteiger charge is 2.29. The smallest absolute Gasteiger partial charge is 0.246 e. The summed E-state index contributed by atoms with van der Waals surface area (Å²) < 4.78 is 34.2. The first-order chi connectivity index (χ1) is 13.9. The number of aromatic nitrogens is 1. The van der Waals surface area contributed by atoms with Gasteiger partial charge in [-0.25, -0.2) is 13.4 Å². The van der Waals surface area contributed by atoms with Crippen LogP contribution in [0.5, 0.6) is 5.75 Å². The van der Waals surface area contributed by atoms with Crippen molar-refractivity contribution in [1.29, 1.82) is 0 Å². The Labute approximate surface area is 179 Å². The van der Waals surface area contributed by atoms with Gasteiger partial charge in [0.25, 0.3) is 0 Å². The van der Waals surface area contributed by atoms with Crippen molar-refractivity contribution in [3.8, 4) is 5.75 Å². The van der Waals surface area contributed by atoms with Crippen LogP contribution in [0.3, 0.4) is 0 Å². The second-order valence-electron chi connectivity index (χ2n) is 6.65. The first-order valence-electron chi connectivity index (χ1n) is 9.52. The summed E-state index contributed by atoms with van der Waals surface area (Å²) in [4.78, 5) is 16.7. The van der Waals surface area contributed by atoms with E-state index in [1.807, 2.05) is 19.2 Å². The van der Waals surface area contributed by atoms with E-state index in [1.54, 1.807) is 12.1 Å². The molecular formula is C19H25N3O4S3. The number of anilines is 1. The first kappa shape index (κ1) is 22.1. The number of aryl methyl sites for hydroxylation is 1. The average molecular weight is 456 g/mol. The fraction of sp³-hybridized carbons (Fsp3) is 0.474. The molecule has 1 amide bonds. The molecule has 1 N–H and O–H groups in total. The van der Waals surface area contributed by atoms with Crippen LogP contribution in [0.4, 0.5) is 5.69 Å². The monoisotopic (exact) mass is 455 g/mol. The molecule has 0 saturated carbocycles. The maximum Gasteiger partial charge on any atom is 0.246 e. The number of piperidine rings is 1. The van der Waals surface area contributed by atoms with E-state index >= 15 is 0 Å². The molecule has 29 heavy (non-hydrogen) atoms. The van der Waals surface area contributed by atoms with E-state index in [0.717, 1.165) is 29.3 Å². The van der Waals surface area contributed by atoms with Gasteiger partial charge in [0.15, 0.2) is 4.34 Å². The van der Waals surface area contributed by atoms with Gasteiger partial charge in [-0.2, -0.15) is 4.31 Å². The molecule has 1 aromatic heterocycles. The normalized spacial score (nSPS) is 15.2. The van der Waals surface area contributed by atoms with Crippen molar-refractivity contribution < 1.29 is 17.9 Å². The Bertz CT molecular complexity index is 953. The van der Waals surface area contributed by atoms with Gasteiger partial charge in [0.1, 0.15) is 10.6 Å². The molecule has 1 aliphatic heterocycles. The fourth-order valence-electron chi connectivity index (χ4n) is 3.03. The number of rotatable bonds is 8. The minimum Gasteiger partial charge on any atom is -0.492 e. The summed E-state index contributed by atoms with van der Waals surface area (Å²) in [6.45, 7) is 5.09. The summed E-state index contributed by atoms with van der Waals surface area (Å²) in [6.07, 6.45) is 2.75. The second-order valence-corrected chi connectivity index (χ2v) is 10.6. The minimum atomic E-state index is -3.68. The minimum absolute atomic E-state index is 0.0993. The number of carbonyl (C=O) groups is 1. The molecule has 0 atom stereocenters.